The van der Waals surface area contributed by atoms with Crippen LogP contribution in [0, 0.1) is 0 Å². The van der Waals surface area contributed by atoms with E-state index in [4.69, 9.17) is 0 Å². The van der Waals surface area contributed by atoms with E-state index < -0.39 is 0 Å². The number of aromatic amines is 2. The molecule has 0 aliphatic carbocycles. The normalized spacial score (nSPS) is 14.1. The van der Waals surface area contributed by atoms with Gasteiger partial charge in [-0.2, -0.15) is 0 Å². The highest BCUT2D eigenvalue weighted by atomic mass is 16.2. The van der Waals surface area contributed by atoms with E-state index in [0.29, 0.717) is 12.5 Å². The third-order valence-electron chi connectivity index (χ3n) is 6.74. The average molecular weight is 434 g/mol. The molecule has 0 atom stereocenters. The van der Waals surface area contributed by atoms with E-state index in [9.17, 15) is 9.59 Å². The maximum absolute atomic E-state index is 13.9. The molecule has 5 nitrogen and oxygen atoms in total. The van der Waals surface area contributed by atoms with Crippen LogP contribution >= 0.6 is 0 Å². The molecule has 0 fully saturated rings. The Hall–Kier alpha value is -2.82. The van der Waals surface area contributed by atoms with Gasteiger partial charge < -0.3 is 14.9 Å². The van der Waals surface area contributed by atoms with E-state index in [1.54, 1.807) is 0 Å². The Morgan fingerprint density at radius 1 is 0.750 bits per heavy atom. The molecule has 2 N–H and O–H groups in total. The zero-order valence-corrected chi connectivity index (χ0v) is 20.5. The second kappa shape index (κ2) is 7.95. The topological polar surface area (TPSA) is 69.0 Å². The lowest BCUT2D eigenvalue weighted by Crippen LogP contribution is -2.25. The van der Waals surface area contributed by atoms with Crippen LogP contribution in [-0.4, -0.2) is 15.9 Å². The van der Waals surface area contributed by atoms with Gasteiger partial charge in [-0.25, -0.2) is 4.79 Å². The van der Waals surface area contributed by atoms with Crippen molar-refractivity contribution in [2.75, 3.05) is 4.90 Å². The number of anilines is 1. The van der Waals surface area contributed by atoms with E-state index in [1.165, 1.54) is 5.56 Å². The lowest BCUT2D eigenvalue weighted by Gasteiger charge is -2.25. The molecule has 5 heteroatoms. The molecule has 0 saturated heterocycles. The Balaban J connectivity index is 2.00. The van der Waals surface area contributed by atoms with Gasteiger partial charge in [0.25, 0.3) is 5.91 Å². The maximum atomic E-state index is 13.9. The Kier molecular flexibility index (Phi) is 5.56. The summed E-state index contributed by atoms with van der Waals surface area (Å²) in [5.41, 5.74) is 8.83. The van der Waals surface area contributed by atoms with Crippen LogP contribution in [0.5, 0.6) is 0 Å². The van der Waals surface area contributed by atoms with Gasteiger partial charge in [0.2, 0.25) is 0 Å². The number of hydrogen-bond acceptors (Lipinski definition) is 2. The molecule has 4 rings (SSSR count). The Labute approximate surface area is 190 Å². The molecule has 0 spiro atoms. The summed E-state index contributed by atoms with van der Waals surface area (Å²) in [6.07, 6.45) is 0. The van der Waals surface area contributed by atoms with Gasteiger partial charge in [0.1, 0.15) is 0 Å². The zero-order chi connectivity index (χ0) is 23.5. The smallest absolute Gasteiger partial charge is 0.305 e. The Bertz CT molecular complexity index is 1260. The van der Waals surface area contributed by atoms with Crippen LogP contribution in [0.4, 0.5) is 5.69 Å². The number of hydrogen-bond donors (Lipinski definition) is 2. The first-order chi connectivity index (χ1) is 15.0. The predicted octanol–water partition coefficient (Wildman–Crippen LogP) is 6.51. The summed E-state index contributed by atoms with van der Waals surface area (Å²) in [7, 11) is 0. The minimum atomic E-state index is -0.207. The van der Waals surface area contributed by atoms with Gasteiger partial charge in [0, 0.05) is 11.1 Å². The first-order valence-electron chi connectivity index (χ1n) is 11.8. The number of aromatic nitrogens is 2. The van der Waals surface area contributed by atoms with Gasteiger partial charge >= 0.3 is 5.69 Å². The van der Waals surface area contributed by atoms with Crippen molar-refractivity contribution in [3.8, 4) is 0 Å². The summed E-state index contributed by atoms with van der Waals surface area (Å²) in [6.45, 7) is 17.7. The van der Waals surface area contributed by atoms with Crippen molar-refractivity contribution in [3.63, 3.8) is 0 Å². The Morgan fingerprint density at radius 2 is 1.31 bits per heavy atom. The molecule has 0 unspecified atom stereocenters. The molecule has 2 heterocycles. The number of nitrogens with one attached hydrogen (secondary N) is 2. The number of amides is 1. The van der Waals surface area contributed by atoms with Gasteiger partial charge in [0.05, 0.1) is 23.3 Å². The fourth-order valence-corrected chi connectivity index (χ4v) is 5.18. The third-order valence-corrected chi connectivity index (χ3v) is 6.74. The molecule has 32 heavy (non-hydrogen) atoms. The molecule has 0 bridgehead atoms. The first-order valence-corrected chi connectivity index (χ1v) is 11.8. The van der Waals surface area contributed by atoms with Crippen molar-refractivity contribution < 1.29 is 4.79 Å². The van der Waals surface area contributed by atoms with Gasteiger partial charge in [-0.15, -0.1) is 0 Å². The summed E-state index contributed by atoms with van der Waals surface area (Å²) < 4.78 is 0. The van der Waals surface area contributed by atoms with Crippen molar-refractivity contribution in [3.05, 3.63) is 62.1 Å². The summed E-state index contributed by atoms with van der Waals surface area (Å²) >= 11 is 0. The minimum absolute atomic E-state index is 0.0695. The zero-order valence-electron chi connectivity index (χ0n) is 20.5. The number of H-pyrrole nitrogens is 2. The van der Waals surface area contributed by atoms with Gasteiger partial charge in [-0.05, 0) is 52.0 Å². The molecule has 1 aliphatic rings. The molecule has 1 aliphatic heterocycles. The van der Waals surface area contributed by atoms with Crippen LogP contribution in [0.15, 0.2) is 23.0 Å². The lowest BCUT2D eigenvalue weighted by atomic mass is 9.88. The molecule has 2 aromatic carbocycles. The van der Waals surface area contributed by atoms with Crippen LogP contribution in [0.3, 0.4) is 0 Å². The third kappa shape index (κ3) is 3.39. The Morgan fingerprint density at radius 3 is 1.88 bits per heavy atom. The number of benzene rings is 2. The molecule has 170 valence electrons. The number of rotatable bonds is 5. The maximum Gasteiger partial charge on any atom is 0.323 e. The second-order valence-electron chi connectivity index (χ2n) is 10.3. The fourth-order valence-electron chi connectivity index (χ4n) is 5.18. The first kappa shape index (κ1) is 22.4. The quantitative estimate of drug-likeness (QED) is 0.481. The summed E-state index contributed by atoms with van der Waals surface area (Å²) in [5, 5.41) is 0. The number of fused-ring (bicyclic) bond motifs is 2. The largest absolute Gasteiger partial charge is 0.323 e. The van der Waals surface area contributed by atoms with Crippen LogP contribution in [0.1, 0.15) is 117 Å². The number of nitrogens with zero attached hydrogens (tertiary/aromatic N) is 1. The number of carbonyl (C=O) groups excluding carboxylic acids is 1. The highest BCUT2D eigenvalue weighted by molar-refractivity contribution is 6.12. The van der Waals surface area contributed by atoms with Crippen molar-refractivity contribution in [1.29, 1.82) is 0 Å². The van der Waals surface area contributed by atoms with Crippen LogP contribution < -0.4 is 10.6 Å². The van der Waals surface area contributed by atoms with Crippen molar-refractivity contribution >= 4 is 22.6 Å². The molecule has 3 aromatic rings. The van der Waals surface area contributed by atoms with Gasteiger partial charge in [0.15, 0.2) is 0 Å². The van der Waals surface area contributed by atoms with Crippen LogP contribution in [0.2, 0.25) is 0 Å². The predicted molar refractivity (Wildman–Crippen MR) is 132 cm³/mol. The molecule has 0 radical (unpaired) electrons. The highest BCUT2D eigenvalue weighted by Gasteiger charge is 2.36. The average Bonchev–Trinajstić information content (AvgIpc) is 3.25. The SMILES string of the molecule is CC(C)c1ccc(C(C)C)c2c1CN(c1cc(C(C)C)c3[nH]c(=O)[nH]c3c1C(C)C)C2=O. The van der Waals surface area contributed by atoms with Crippen molar-refractivity contribution in [2.24, 2.45) is 0 Å². The van der Waals surface area contributed by atoms with Gasteiger partial charge in [-0.3, -0.25) is 4.79 Å². The van der Waals surface area contributed by atoms with Crippen LogP contribution in [-0.2, 0) is 6.54 Å². The molecular weight excluding hydrogens is 398 g/mol. The molecule has 1 aromatic heterocycles. The monoisotopic (exact) mass is 433 g/mol. The van der Waals surface area contributed by atoms with Crippen LogP contribution in [0.25, 0.3) is 11.0 Å². The standard InChI is InChI=1S/C27H35N3O2/c1-13(2)17-9-10-18(14(3)4)23-20(17)12-30(26(23)31)21-11-19(15(5)6)24-25(22(21)16(7)8)29-27(32)28-24/h9-11,13-16H,12H2,1-8H3,(H2,28,29,32). The van der Waals surface area contributed by atoms with E-state index in [1.807, 2.05) is 4.90 Å². The fraction of sp³-hybridized carbons (Fsp3) is 0.481. The molecule has 1 amide bonds. The minimum Gasteiger partial charge on any atom is -0.305 e. The highest BCUT2D eigenvalue weighted by Crippen LogP contribution is 2.43. The second-order valence-corrected chi connectivity index (χ2v) is 10.3. The molecular formula is C27H35N3O2. The number of imidazole rings is 1. The van der Waals surface area contributed by atoms with Gasteiger partial charge in [-0.1, -0.05) is 67.5 Å². The van der Waals surface area contributed by atoms with E-state index in [0.717, 1.165) is 44.5 Å². The summed E-state index contributed by atoms with van der Waals surface area (Å²) in [4.78, 5) is 34.1. The number of carbonyl (C=O) groups is 1. The van der Waals surface area contributed by atoms with E-state index in [-0.39, 0.29) is 29.4 Å². The van der Waals surface area contributed by atoms with Crippen molar-refractivity contribution in [2.45, 2.75) is 85.6 Å². The molecule has 0 saturated carbocycles. The summed E-state index contributed by atoms with van der Waals surface area (Å²) in [6, 6.07) is 6.46. The van der Waals surface area contributed by atoms with Crippen molar-refractivity contribution in [1.82, 2.24) is 9.97 Å². The summed E-state index contributed by atoms with van der Waals surface area (Å²) in [5.74, 6) is 1.04. The lowest BCUT2D eigenvalue weighted by molar-refractivity contribution is 0.0995. The van der Waals surface area contributed by atoms with E-state index in [2.05, 4.69) is 83.6 Å². The van der Waals surface area contributed by atoms with E-state index >= 15 is 0 Å².